The molecule has 17 heavy (non-hydrogen) atoms. The topological polar surface area (TPSA) is 42.7 Å². The van der Waals surface area contributed by atoms with Crippen LogP contribution in [0.1, 0.15) is 11.4 Å². The molecule has 0 bridgehead atoms. The van der Waals surface area contributed by atoms with Crippen molar-refractivity contribution in [3.8, 4) is 5.69 Å². The molecule has 4 heteroatoms. The Hall–Kier alpha value is -2.10. The van der Waals surface area contributed by atoms with Gasteiger partial charge in [0.1, 0.15) is 0 Å². The second-order valence-electron chi connectivity index (χ2n) is 3.85. The second kappa shape index (κ2) is 4.82. The molecular formula is C13H16N4. The summed E-state index contributed by atoms with van der Waals surface area (Å²) in [6.45, 7) is 8.36. The molecule has 0 saturated heterocycles. The summed E-state index contributed by atoms with van der Waals surface area (Å²) in [7, 11) is 0. The molecule has 0 aliphatic rings. The minimum absolute atomic E-state index is 0.690. The summed E-state index contributed by atoms with van der Waals surface area (Å²) < 4.78 is 1.99. The number of nitrogens with one attached hydrogen (secondary N) is 1. The Morgan fingerprint density at radius 2 is 2.24 bits per heavy atom. The number of anilines is 1. The highest BCUT2D eigenvalue weighted by Gasteiger charge is 2.07. The van der Waals surface area contributed by atoms with E-state index in [1.807, 2.05) is 30.7 Å². The van der Waals surface area contributed by atoms with Crippen LogP contribution >= 0.6 is 0 Å². The van der Waals surface area contributed by atoms with Gasteiger partial charge in [-0.15, -0.1) is 6.58 Å². The van der Waals surface area contributed by atoms with Crippen molar-refractivity contribution in [1.29, 1.82) is 0 Å². The zero-order valence-corrected chi connectivity index (χ0v) is 10.1. The molecular weight excluding hydrogens is 212 g/mol. The lowest BCUT2D eigenvalue weighted by molar-refractivity contribution is 0.986. The van der Waals surface area contributed by atoms with E-state index in [1.54, 1.807) is 12.3 Å². The SMILES string of the molecule is C=CCNc1nccn1-c1ccc(C)nc1C. The first-order valence-corrected chi connectivity index (χ1v) is 5.55. The summed E-state index contributed by atoms with van der Waals surface area (Å²) in [6, 6.07) is 4.05. The highest BCUT2D eigenvalue weighted by atomic mass is 15.2. The molecule has 0 unspecified atom stereocenters. The number of hydrogen-bond donors (Lipinski definition) is 1. The van der Waals surface area contributed by atoms with Crippen LogP contribution in [-0.2, 0) is 0 Å². The molecule has 0 aromatic carbocycles. The summed E-state index contributed by atoms with van der Waals surface area (Å²) in [5, 5.41) is 3.19. The Labute approximate surface area is 101 Å². The van der Waals surface area contributed by atoms with Crippen molar-refractivity contribution >= 4 is 5.95 Å². The van der Waals surface area contributed by atoms with Crippen LogP contribution in [-0.4, -0.2) is 21.1 Å². The van der Waals surface area contributed by atoms with Gasteiger partial charge in [-0.3, -0.25) is 9.55 Å². The van der Waals surface area contributed by atoms with Gasteiger partial charge < -0.3 is 5.32 Å². The van der Waals surface area contributed by atoms with Crippen molar-refractivity contribution in [3.05, 3.63) is 48.6 Å². The van der Waals surface area contributed by atoms with Crippen LogP contribution in [0.2, 0.25) is 0 Å². The number of nitrogens with zero attached hydrogens (tertiary/aromatic N) is 3. The zero-order valence-electron chi connectivity index (χ0n) is 10.1. The van der Waals surface area contributed by atoms with E-state index in [0.717, 1.165) is 23.0 Å². The van der Waals surface area contributed by atoms with Crippen LogP contribution in [0, 0.1) is 13.8 Å². The van der Waals surface area contributed by atoms with Crippen molar-refractivity contribution in [1.82, 2.24) is 14.5 Å². The fourth-order valence-electron chi connectivity index (χ4n) is 1.73. The first-order chi connectivity index (χ1) is 8.22. The van der Waals surface area contributed by atoms with Crippen LogP contribution in [0.15, 0.2) is 37.2 Å². The lowest BCUT2D eigenvalue weighted by Crippen LogP contribution is -2.07. The van der Waals surface area contributed by atoms with Crippen molar-refractivity contribution < 1.29 is 0 Å². The van der Waals surface area contributed by atoms with Crippen LogP contribution in [0.5, 0.6) is 0 Å². The van der Waals surface area contributed by atoms with E-state index in [-0.39, 0.29) is 0 Å². The molecule has 0 fully saturated rings. The predicted molar refractivity (Wildman–Crippen MR) is 69.5 cm³/mol. The van der Waals surface area contributed by atoms with E-state index in [4.69, 9.17) is 0 Å². The molecule has 2 aromatic heterocycles. The average molecular weight is 228 g/mol. The standard InChI is InChI=1S/C13H16N4/c1-4-7-14-13-15-8-9-17(13)12-6-5-10(2)16-11(12)3/h4-6,8-9H,1,7H2,2-3H3,(H,14,15). The van der Waals surface area contributed by atoms with Crippen LogP contribution in [0.3, 0.4) is 0 Å². The molecule has 0 aliphatic carbocycles. The Morgan fingerprint density at radius 1 is 1.41 bits per heavy atom. The molecule has 0 atom stereocenters. The average Bonchev–Trinajstić information content (AvgIpc) is 2.74. The number of rotatable bonds is 4. The lowest BCUT2D eigenvalue weighted by atomic mass is 10.3. The van der Waals surface area contributed by atoms with Crippen molar-refractivity contribution in [2.24, 2.45) is 0 Å². The summed E-state index contributed by atoms with van der Waals surface area (Å²) in [5.41, 5.74) is 3.05. The molecule has 2 heterocycles. The van der Waals surface area contributed by atoms with Crippen LogP contribution < -0.4 is 5.32 Å². The molecule has 2 rings (SSSR count). The van der Waals surface area contributed by atoms with Gasteiger partial charge in [0.15, 0.2) is 0 Å². The monoisotopic (exact) mass is 228 g/mol. The third-order valence-electron chi connectivity index (χ3n) is 2.50. The van der Waals surface area contributed by atoms with Gasteiger partial charge in [0, 0.05) is 24.6 Å². The molecule has 2 aromatic rings. The number of aromatic nitrogens is 3. The van der Waals surface area contributed by atoms with Crippen molar-refractivity contribution in [2.75, 3.05) is 11.9 Å². The summed E-state index contributed by atoms with van der Waals surface area (Å²) in [4.78, 5) is 8.72. The summed E-state index contributed by atoms with van der Waals surface area (Å²) in [5.74, 6) is 0.804. The second-order valence-corrected chi connectivity index (χ2v) is 3.85. The molecule has 4 nitrogen and oxygen atoms in total. The van der Waals surface area contributed by atoms with E-state index >= 15 is 0 Å². The molecule has 0 saturated carbocycles. The van der Waals surface area contributed by atoms with E-state index in [1.165, 1.54) is 0 Å². The van der Waals surface area contributed by atoms with Crippen molar-refractivity contribution in [3.63, 3.8) is 0 Å². The van der Waals surface area contributed by atoms with Gasteiger partial charge in [0.05, 0.1) is 11.4 Å². The van der Waals surface area contributed by atoms with Gasteiger partial charge in [-0.05, 0) is 26.0 Å². The summed E-state index contributed by atoms with van der Waals surface area (Å²) >= 11 is 0. The molecule has 0 spiro atoms. The van der Waals surface area contributed by atoms with Gasteiger partial charge in [-0.25, -0.2) is 4.98 Å². The molecule has 0 amide bonds. The Kier molecular flexibility index (Phi) is 3.23. The lowest BCUT2D eigenvalue weighted by Gasteiger charge is -2.11. The van der Waals surface area contributed by atoms with Crippen molar-refractivity contribution in [2.45, 2.75) is 13.8 Å². The Balaban J connectivity index is 2.38. The normalized spacial score (nSPS) is 10.2. The smallest absolute Gasteiger partial charge is 0.207 e. The van der Waals surface area contributed by atoms with E-state index in [2.05, 4.69) is 27.9 Å². The van der Waals surface area contributed by atoms with E-state index in [0.29, 0.717) is 6.54 Å². The maximum absolute atomic E-state index is 4.45. The largest absolute Gasteiger partial charge is 0.352 e. The van der Waals surface area contributed by atoms with E-state index < -0.39 is 0 Å². The Bertz CT molecular complexity index is 528. The molecule has 0 radical (unpaired) electrons. The summed E-state index contributed by atoms with van der Waals surface area (Å²) in [6.07, 6.45) is 5.49. The maximum Gasteiger partial charge on any atom is 0.207 e. The third kappa shape index (κ3) is 2.36. The highest BCUT2D eigenvalue weighted by molar-refractivity contribution is 5.44. The van der Waals surface area contributed by atoms with Gasteiger partial charge in [0.2, 0.25) is 5.95 Å². The fraction of sp³-hybridized carbons (Fsp3) is 0.231. The minimum Gasteiger partial charge on any atom is -0.352 e. The Morgan fingerprint density at radius 3 is 2.94 bits per heavy atom. The predicted octanol–water partition coefficient (Wildman–Crippen LogP) is 2.48. The molecule has 88 valence electrons. The first-order valence-electron chi connectivity index (χ1n) is 5.55. The van der Waals surface area contributed by atoms with Crippen LogP contribution in [0.25, 0.3) is 5.69 Å². The third-order valence-corrected chi connectivity index (χ3v) is 2.50. The highest BCUT2D eigenvalue weighted by Crippen LogP contribution is 2.17. The van der Waals surface area contributed by atoms with Crippen LogP contribution in [0.4, 0.5) is 5.95 Å². The quantitative estimate of drug-likeness (QED) is 0.817. The number of aryl methyl sites for hydroxylation is 2. The minimum atomic E-state index is 0.690. The zero-order chi connectivity index (χ0) is 12.3. The number of hydrogen-bond acceptors (Lipinski definition) is 3. The van der Waals surface area contributed by atoms with Gasteiger partial charge in [-0.1, -0.05) is 6.08 Å². The number of pyridine rings is 1. The molecule has 0 aliphatic heterocycles. The fourth-order valence-corrected chi connectivity index (χ4v) is 1.73. The first kappa shape index (κ1) is 11.4. The van der Waals surface area contributed by atoms with Gasteiger partial charge >= 0.3 is 0 Å². The maximum atomic E-state index is 4.45. The number of imidazole rings is 1. The molecule has 1 N–H and O–H groups in total. The van der Waals surface area contributed by atoms with Gasteiger partial charge in [-0.2, -0.15) is 0 Å². The van der Waals surface area contributed by atoms with E-state index in [9.17, 15) is 0 Å². The van der Waals surface area contributed by atoms with Gasteiger partial charge in [0.25, 0.3) is 0 Å².